The molecule has 0 saturated carbocycles. The molecule has 11 heteroatoms. The molecular weight excluding hydrogens is 335 g/mol. The molecule has 0 bridgehead atoms. The van der Waals surface area contributed by atoms with Gasteiger partial charge in [-0.1, -0.05) is 0 Å². The molecule has 0 unspecified atom stereocenters. The predicted molar refractivity (Wildman–Crippen MR) is 72.6 cm³/mol. The highest BCUT2D eigenvalue weighted by Crippen LogP contribution is 2.19. The lowest BCUT2D eigenvalue weighted by molar-refractivity contribution is -0.402. The fourth-order valence-electron chi connectivity index (χ4n) is 1.61. The number of nitro groups is 1. The Labute approximate surface area is 131 Å². The molecule has 0 fully saturated rings. The third-order valence-electron chi connectivity index (χ3n) is 2.71. The first kappa shape index (κ1) is 17.0. The van der Waals surface area contributed by atoms with Gasteiger partial charge in [-0.2, -0.15) is 0 Å². The second kappa shape index (κ2) is 6.81. The molecule has 0 atom stereocenters. The summed E-state index contributed by atoms with van der Waals surface area (Å²) in [5, 5.41) is 14.4. The normalized spacial score (nSPS) is 10.3. The molecule has 0 aliphatic heterocycles. The zero-order chi connectivity index (χ0) is 17.9. The van der Waals surface area contributed by atoms with Gasteiger partial charge in [0.15, 0.2) is 23.2 Å². The van der Waals surface area contributed by atoms with Gasteiger partial charge in [-0.25, -0.2) is 13.2 Å². The fraction of sp³-hybridized carbons (Fsp3) is 0.0769. The average Bonchev–Trinajstić information content (AvgIpc) is 3.03. The van der Waals surface area contributed by atoms with Crippen molar-refractivity contribution < 1.29 is 32.1 Å². The van der Waals surface area contributed by atoms with Gasteiger partial charge in [0, 0.05) is 0 Å². The van der Waals surface area contributed by atoms with E-state index in [0.717, 1.165) is 18.2 Å². The molecule has 0 spiro atoms. The number of amides is 2. The van der Waals surface area contributed by atoms with Crippen LogP contribution in [0.1, 0.15) is 10.6 Å². The van der Waals surface area contributed by atoms with E-state index in [-0.39, 0.29) is 0 Å². The Kier molecular flexibility index (Phi) is 4.82. The van der Waals surface area contributed by atoms with Gasteiger partial charge in [-0.15, -0.1) is 0 Å². The zero-order valence-corrected chi connectivity index (χ0v) is 11.6. The maximum Gasteiger partial charge on any atom is 0.433 e. The second-order valence-electron chi connectivity index (χ2n) is 4.35. The lowest BCUT2D eigenvalue weighted by Crippen LogP contribution is -2.32. The number of hydrogen-bond donors (Lipinski definition) is 2. The third kappa shape index (κ3) is 3.69. The standard InChI is InChI=1S/C13H8F3N3O5/c14-6-1-2-7(12(16)11(6)15)18-9(20)5-17-13(21)8-3-4-10(24-8)19(22)23/h1-4H,5H2,(H,17,21)(H,18,20). The number of carbonyl (C=O) groups excluding carboxylic acids is 2. The van der Waals surface area contributed by atoms with Crippen LogP contribution < -0.4 is 10.6 Å². The van der Waals surface area contributed by atoms with Crippen LogP contribution in [0.2, 0.25) is 0 Å². The summed E-state index contributed by atoms with van der Waals surface area (Å²) in [6.45, 7) is -0.661. The van der Waals surface area contributed by atoms with Gasteiger partial charge < -0.3 is 15.1 Å². The molecule has 0 aliphatic carbocycles. The third-order valence-corrected chi connectivity index (χ3v) is 2.71. The summed E-state index contributed by atoms with van der Waals surface area (Å²) in [5.41, 5.74) is -0.609. The summed E-state index contributed by atoms with van der Waals surface area (Å²) in [6.07, 6.45) is 0. The number of carbonyl (C=O) groups is 2. The van der Waals surface area contributed by atoms with Gasteiger partial charge >= 0.3 is 5.88 Å². The molecule has 126 valence electrons. The number of rotatable bonds is 5. The highest BCUT2D eigenvalue weighted by Gasteiger charge is 2.19. The van der Waals surface area contributed by atoms with Gasteiger partial charge in [-0.05, 0) is 18.2 Å². The monoisotopic (exact) mass is 343 g/mol. The number of halogens is 3. The number of nitrogens with zero attached hydrogens (tertiary/aromatic N) is 1. The molecule has 2 N–H and O–H groups in total. The van der Waals surface area contributed by atoms with Crippen LogP contribution in [0, 0.1) is 27.6 Å². The largest absolute Gasteiger partial charge is 0.433 e. The summed E-state index contributed by atoms with van der Waals surface area (Å²) < 4.78 is 43.7. The Balaban J connectivity index is 1.94. The summed E-state index contributed by atoms with van der Waals surface area (Å²) in [7, 11) is 0. The maximum atomic E-state index is 13.4. The van der Waals surface area contributed by atoms with E-state index in [1.165, 1.54) is 0 Å². The maximum absolute atomic E-state index is 13.4. The molecule has 0 radical (unpaired) electrons. The molecule has 2 aromatic rings. The molecule has 0 saturated heterocycles. The molecule has 2 rings (SSSR count). The van der Waals surface area contributed by atoms with Crippen molar-refractivity contribution in [3.05, 3.63) is 57.6 Å². The zero-order valence-electron chi connectivity index (χ0n) is 11.6. The van der Waals surface area contributed by atoms with Crippen molar-refractivity contribution in [3.8, 4) is 0 Å². The van der Waals surface area contributed by atoms with Crippen LogP contribution in [0.15, 0.2) is 28.7 Å². The number of furan rings is 1. The Morgan fingerprint density at radius 1 is 1.12 bits per heavy atom. The van der Waals surface area contributed by atoms with Crippen molar-refractivity contribution in [2.24, 2.45) is 0 Å². The molecule has 8 nitrogen and oxygen atoms in total. The number of benzene rings is 1. The highest BCUT2D eigenvalue weighted by atomic mass is 19.2. The molecule has 2 amide bonds. The molecule has 1 aromatic heterocycles. The van der Waals surface area contributed by atoms with Gasteiger partial charge in [0.25, 0.3) is 5.91 Å². The first-order chi connectivity index (χ1) is 11.3. The molecule has 24 heavy (non-hydrogen) atoms. The SMILES string of the molecule is O=C(CNC(=O)c1ccc([N+](=O)[O-])o1)Nc1ccc(F)c(F)c1F. The van der Waals surface area contributed by atoms with Crippen LogP contribution in [0.4, 0.5) is 24.7 Å². The Morgan fingerprint density at radius 2 is 1.83 bits per heavy atom. The molecule has 1 heterocycles. The van der Waals surface area contributed by atoms with Crippen LogP contribution in [-0.4, -0.2) is 23.3 Å². The predicted octanol–water partition coefficient (Wildman–Crippen LogP) is 1.97. The van der Waals surface area contributed by atoms with Crippen molar-refractivity contribution in [3.63, 3.8) is 0 Å². The van der Waals surface area contributed by atoms with E-state index in [1.54, 1.807) is 0 Å². The van der Waals surface area contributed by atoms with Crippen LogP contribution >= 0.6 is 0 Å². The van der Waals surface area contributed by atoms with E-state index < -0.39 is 58.1 Å². The summed E-state index contributed by atoms with van der Waals surface area (Å²) in [4.78, 5) is 32.7. The lowest BCUT2D eigenvalue weighted by atomic mass is 10.2. The van der Waals surface area contributed by atoms with Crippen molar-refractivity contribution in [1.29, 1.82) is 0 Å². The first-order valence-corrected chi connectivity index (χ1v) is 6.25. The Hall–Kier alpha value is -3.37. The molecular formula is C13H8F3N3O5. The van der Waals surface area contributed by atoms with E-state index in [4.69, 9.17) is 0 Å². The van der Waals surface area contributed by atoms with E-state index in [0.29, 0.717) is 6.07 Å². The topological polar surface area (TPSA) is 114 Å². The summed E-state index contributed by atoms with van der Waals surface area (Å²) in [5.74, 6) is -7.69. The van der Waals surface area contributed by atoms with Gasteiger partial charge in [0.05, 0.1) is 18.3 Å². The average molecular weight is 343 g/mol. The number of anilines is 1. The summed E-state index contributed by atoms with van der Waals surface area (Å²) >= 11 is 0. The summed E-state index contributed by atoms with van der Waals surface area (Å²) in [6, 6.07) is 3.41. The lowest BCUT2D eigenvalue weighted by Gasteiger charge is -2.07. The quantitative estimate of drug-likeness (QED) is 0.489. The minimum Gasteiger partial charge on any atom is -0.395 e. The van der Waals surface area contributed by atoms with E-state index in [2.05, 4.69) is 9.73 Å². The van der Waals surface area contributed by atoms with Crippen molar-refractivity contribution in [2.75, 3.05) is 11.9 Å². The van der Waals surface area contributed by atoms with Crippen LogP contribution in [0.3, 0.4) is 0 Å². The van der Waals surface area contributed by atoms with Crippen molar-refractivity contribution in [2.45, 2.75) is 0 Å². The Morgan fingerprint density at radius 3 is 2.46 bits per heavy atom. The smallest absolute Gasteiger partial charge is 0.395 e. The van der Waals surface area contributed by atoms with Gasteiger partial charge in [0.2, 0.25) is 5.91 Å². The molecule has 0 aliphatic rings. The first-order valence-electron chi connectivity index (χ1n) is 6.25. The van der Waals surface area contributed by atoms with Crippen LogP contribution in [0.5, 0.6) is 0 Å². The van der Waals surface area contributed by atoms with E-state index >= 15 is 0 Å². The van der Waals surface area contributed by atoms with Crippen LogP contribution in [-0.2, 0) is 4.79 Å². The second-order valence-corrected chi connectivity index (χ2v) is 4.35. The van der Waals surface area contributed by atoms with E-state index in [1.807, 2.05) is 5.32 Å². The minimum atomic E-state index is -1.75. The number of hydrogen-bond acceptors (Lipinski definition) is 5. The fourth-order valence-corrected chi connectivity index (χ4v) is 1.61. The number of nitrogens with one attached hydrogen (secondary N) is 2. The van der Waals surface area contributed by atoms with Crippen molar-refractivity contribution >= 4 is 23.4 Å². The highest BCUT2D eigenvalue weighted by molar-refractivity contribution is 5.98. The van der Waals surface area contributed by atoms with Gasteiger partial charge in [0.1, 0.15) is 4.92 Å². The van der Waals surface area contributed by atoms with Crippen LogP contribution in [0.25, 0.3) is 0 Å². The van der Waals surface area contributed by atoms with E-state index in [9.17, 15) is 32.9 Å². The molecule has 1 aromatic carbocycles. The van der Waals surface area contributed by atoms with Crippen molar-refractivity contribution in [1.82, 2.24) is 5.32 Å². The Bertz CT molecular complexity index is 821. The minimum absolute atomic E-state index is 0.409. The van der Waals surface area contributed by atoms with Gasteiger partial charge in [-0.3, -0.25) is 19.7 Å².